The van der Waals surface area contributed by atoms with E-state index in [2.05, 4.69) is 20.9 Å². The third kappa shape index (κ3) is 5.44. The van der Waals surface area contributed by atoms with Crippen LogP contribution in [-0.2, 0) is 11.0 Å². The molecule has 1 saturated carbocycles. The first-order valence-electron chi connectivity index (χ1n) is 9.91. The number of alkyl halides is 3. The van der Waals surface area contributed by atoms with Gasteiger partial charge in [-0.1, -0.05) is 12.8 Å². The number of nitrogens with two attached hydrogens (primary N) is 1. The average molecular weight is 435 g/mol. The molecule has 10 heteroatoms. The normalized spacial score (nSPS) is 18.8. The van der Waals surface area contributed by atoms with E-state index in [1.165, 1.54) is 25.4 Å². The van der Waals surface area contributed by atoms with E-state index in [-0.39, 0.29) is 23.4 Å². The number of nitrogens with zero attached hydrogens (tertiary/aromatic N) is 1. The maximum absolute atomic E-state index is 12.8. The Labute approximate surface area is 177 Å². The SMILES string of the molecule is CNC(=O)c1cnc(Nc2ccc(C(F)(F)F)cc2)cc1N[C@@H]1CCCC[C@@H]1C(N)=O. The van der Waals surface area contributed by atoms with Gasteiger partial charge < -0.3 is 21.7 Å². The molecule has 1 heterocycles. The summed E-state index contributed by atoms with van der Waals surface area (Å²) in [5.41, 5.74) is 5.95. The van der Waals surface area contributed by atoms with Crippen molar-refractivity contribution in [1.29, 1.82) is 0 Å². The zero-order valence-electron chi connectivity index (χ0n) is 16.9. The highest BCUT2D eigenvalue weighted by atomic mass is 19.4. The van der Waals surface area contributed by atoms with Crippen molar-refractivity contribution in [3.05, 3.63) is 47.7 Å². The second-order valence-electron chi connectivity index (χ2n) is 7.44. The molecule has 1 aromatic heterocycles. The zero-order chi connectivity index (χ0) is 22.6. The zero-order valence-corrected chi connectivity index (χ0v) is 16.9. The van der Waals surface area contributed by atoms with Gasteiger partial charge in [-0.2, -0.15) is 13.2 Å². The highest BCUT2D eigenvalue weighted by molar-refractivity contribution is 5.99. The molecule has 166 valence electrons. The molecule has 5 N–H and O–H groups in total. The van der Waals surface area contributed by atoms with Crippen LogP contribution in [0.3, 0.4) is 0 Å². The van der Waals surface area contributed by atoms with Gasteiger partial charge in [0, 0.05) is 31.0 Å². The summed E-state index contributed by atoms with van der Waals surface area (Å²) in [6.07, 6.45) is 0.189. The number of aromatic nitrogens is 1. The Morgan fingerprint density at radius 1 is 1.13 bits per heavy atom. The molecule has 31 heavy (non-hydrogen) atoms. The second kappa shape index (κ2) is 9.23. The quantitative estimate of drug-likeness (QED) is 0.554. The molecule has 1 aromatic carbocycles. The van der Waals surface area contributed by atoms with Crippen LogP contribution >= 0.6 is 0 Å². The van der Waals surface area contributed by atoms with Crippen molar-refractivity contribution in [2.45, 2.75) is 37.9 Å². The highest BCUT2D eigenvalue weighted by Crippen LogP contribution is 2.32. The van der Waals surface area contributed by atoms with E-state index in [1.54, 1.807) is 6.07 Å². The molecule has 1 fully saturated rings. The number of benzene rings is 1. The lowest BCUT2D eigenvalue weighted by molar-refractivity contribution is -0.137. The molecule has 0 unspecified atom stereocenters. The Kier molecular flexibility index (Phi) is 6.67. The summed E-state index contributed by atoms with van der Waals surface area (Å²) in [6.45, 7) is 0. The van der Waals surface area contributed by atoms with Crippen LogP contribution in [0.1, 0.15) is 41.6 Å². The first-order chi connectivity index (χ1) is 14.7. The molecule has 0 saturated heterocycles. The second-order valence-corrected chi connectivity index (χ2v) is 7.44. The first kappa shape index (κ1) is 22.4. The van der Waals surface area contributed by atoms with Crippen LogP contribution in [0.25, 0.3) is 0 Å². The van der Waals surface area contributed by atoms with Gasteiger partial charge in [0.1, 0.15) is 5.82 Å². The van der Waals surface area contributed by atoms with E-state index >= 15 is 0 Å². The number of nitrogens with one attached hydrogen (secondary N) is 3. The minimum Gasteiger partial charge on any atom is -0.381 e. The van der Waals surface area contributed by atoms with E-state index in [0.717, 1.165) is 31.4 Å². The number of carbonyl (C=O) groups is 2. The maximum Gasteiger partial charge on any atom is 0.416 e. The van der Waals surface area contributed by atoms with Crippen molar-refractivity contribution in [3.63, 3.8) is 0 Å². The average Bonchev–Trinajstić information content (AvgIpc) is 2.73. The largest absolute Gasteiger partial charge is 0.416 e. The van der Waals surface area contributed by atoms with Crippen LogP contribution in [0, 0.1) is 5.92 Å². The van der Waals surface area contributed by atoms with E-state index in [4.69, 9.17) is 5.73 Å². The lowest BCUT2D eigenvalue weighted by Crippen LogP contribution is -2.41. The Bertz CT molecular complexity index is 947. The predicted molar refractivity (Wildman–Crippen MR) is 111 cm³/mol. The van der Waals surface area contributed by atoms with Crippen molar-refractivity contribution in [2.24, 2.45) is 11.7 Å². The Balaban J connectivity index is 1.86. The van der Waals surface area contributed by atoms with Gasteiger partial charge in [-0.05, 0) is 37.1 Å². The minimum absolute atomic E-state index is 0.226. The Morgan fingerprint density at radius 2 is 1.81 bits per heavy atom. The standard InChI is InChI=1S/C21H24F3N5O2/c1-26-20(31)15-11-27-18(28-13-8-6-12(7-9-13)21(22,23)24)10-17(15)29-16-5-3-2-4-14(16)19(25)30/h6-11,14,16H,2-5H2,1H3,(H2,25,30)(H,26,31)(H2,27,28,29)/t14-,16+/m0/s1. The fourth-order valence-electron chi connectivity index (χ4n) is 3.69. The summed E-state index contributed by atoms with van der Waals surface area (Å²) in [5, 5.41) is 8.74. The fraction of sp³-hybridized carbons (Fsp3) is 0.381. The van der Waals surface area contributed by atoms with Crippen LogP contribution in [0.2, 0.25) is 0 Å². The van der Waals surface area contributed by atoms with Crippen LogP contribution < -0.4 is 21.7 Å². The van der Waals surface area contributed by atoms with Gasteiger partial charge in [0.25, 0.3) is 5.91 Å². The third-order valence-corrected chi connectivity index (χ3v) is 5.33. The van der Waals surface area contributed by atoms with Crippen LogP contribution in [-0.4, -0.2) is 29.9 Å². The first-order valence-corrected chi connectivity index (χ1v) is 9.91. The van der Waals surface area contributed by atoms with Gasteiger partial charge >= 0.3 is 6.18 Å². The van der Waals surface area contributed by atoms with Crippen LogP contribution in [0.4, 0.5) is 30.4 Å². The molecule has 7 nitrogen and oxygen atoms in total. The number of hydrogen-bond acceptors (Lipinski definition) is 5. The van der Waals surface area contributed by atoms with E-state index in [1.807, 2.05) is 0 Å². The number of carbonyl (C=O) groups excluding carboxylic acids is 2. The summed E-state index contributed by atoms with van der Waals surface area (Å²) < 4.78 is 38.3. The lowest BCUT2D eigenvalue weighted by atomic mass is 9.84. The van der Waals surface area contributed by atoms with Crippen molar-refractivity contribution in [3.8, 4) is 0 Å². The van der Waals surface area contributed by atoms with Crippen LogP contribution in [0.5, 0.6) is 0 Å². The molecule has 3 rings (SSSR count). The Hall–Kier alpha value is -3.30. The number of rotatable bonds is 6. The number of amides is 2. The van der Waals surface area contributed by atoms with Gasteiger partial charge in [-0.3, -0.25) is 9.59 Å². The Morgan fingerprint density at radius 3 is 2.42 bits per heavy atom. The molecular formula is C21H24F3N5O2. The molecule has 0 spiro atoms. The summed E-state index contributed by atoms with van der Waals surface area (Å²) in [7, 11) is 1.49. The molecule has 0 aliphatic heterocycles. The van der Waals surface area contributed by atoms with Crippen molar-refractivity contribution in [1.82, 2.24) is 10.3 Å². The van der Waals surface area contributed by atoms with Crippen molar-refractivity contribution >= 4 is 29.0 Å². The van der Waals surface area contributed by atoms with Gasteiger partial charge in [0.2, 0.25) is 5.91 Å². The third-order valence-electron chi connectivity index (χ3n) is 5.33. The highest BCUT2D eigenvalue weighted by Gasteiger charge is 2.31. The van der Waals surface area contributed by atoms with E-state index < -0.39 is 17.6 Å². The van der Waals surface area contributed by atoms with Gasteiger partial charge in [-0.15, -0.1) is 0 Å². The minimum atomic E-state index is -4.42. The smallest absolute Gasteiger partial charge is 0.381 e. The number of anilines is 3. The summed E-state index contributed by atoms with van der Waals surface area (Å²) >= 11 is 0. The molecule has 1 aliphatic rings. The fourth-order valence-corrected chi connectivity index (χ4v) is 3.69. The van der Waals surface area contributed by atoms with Crippen molar-refractivity contribution in [2.75, 3.05) is 17.7 Å². The molecule has 1 aliphatic carbocycles. The monoisotopic (exact) mass is 435 g/mol. The van der Waals surface area contributed by atoms with Gasteiger partial charge in [0.05, 0.1) is 22.7 Å². The summed E-state index contributed by atoms with van der Waals surface area (Å²) in [4.78, 5) is 28.3. The lowest BCUT2D eigenvalue weighted by Gasteiger charge is -2.31. The molecule has 0 radical (unpaired) electrons. The van der Waals surface area contributed by atoms with E-state index in [0.29, 0.717) is 23.6 Å². The molecule has 0 bridgehead atoms. The summed E-state index contributed by atoms with van der Waals surface area (Å²) in [5.74, 6) is -0.773. The number of hydrogen-bond donors (Lipinski definition) is 4. The maximum atomic E-state index is 12.8. The molecule has 2 amide bonds. The molecular weight excluding hydrogens is 411 g/mol. The molecule has 2 aromatic rings. The number of primary amides is 1. The van der Waals surface area contributed by atoms with Crippen molar-refractivity contribution < 1.29 is 22.8 Å². The van der Waals surface area contributed by atoms with Crippen LogP contribution in [0.15, 0.2) is 36.5 Å². The van der Waals surface area contributed by atoms with Gasteiger partial charge in [-0.25, -0.2) is 4.98 Å². The summed E-state index contributed by atoms with van der Waals surface area (Å²) in [6, 6.07) is 5.91. The molecule has 2 atom stereocenters. The predicted octanol–water partition coefficient (Wildman–Crippen LogP) is 3.66. The topological polar surface area (TPSA) is 109 Å². The van der Waals surface area contributed by atoms with E-state index in [9.17, 15) is 22.8 Å². The number of pyridine rings is 1. The van der Waals surface area contributed by atoms with Gasteiger partial charge in [0.15, 0.2) is 0 Å². The number of halogens is 3.